The second-order valence-corrected chi connectivity index (χ2v) is 4.05. The Morgan fingerprint density at radius 2 is 1.81 bits per heavy atom. The molecule has 0 aliphatic rings. The second kappa shape index (κ2) is 5.83. The average Bonchev–Trinajstić information content (AvgIpc) is 2.19. The molecule has 1 rings (SSSR count). The van der Waals surface area contributed by atoms with Gasteiger partial charge in [0, 0.05) is 23.4 Å². The van der Waals surface area contributed by atoms with E-state index in [0.717, 1.165) is 0 Å². The molecule has 1 aromatic carbocycles. The molecule has 0 radical (unpaired) electrons. The summed E-state index contributed by atoms with van der Waals surface area (Å²) in [5.74, 6) is 5.63. The molecule has 0 saturated carbocycles. The summed E-state index contributed by atoms with van der Waals surface area (Å²) in [5, 5.41) is 0. The van der Waals surface area contributed by atoms with E-state index in [1.807, 2.05) is 0 Å². The van der Waals surface area contributed by atoms with E-state index in [2.05, 4.69) is 11.8 Å². The van der Waals surface area contributed by atoms with Gasteiger partial charge in [0.05, 0.1) is 0 Å². The molecule has 0 fully saturated rings. The first-order chi connectivity index (χ1) is 7.51. The summed E-state index contributed by atoms with van der Waals surface area (Å²) in [7, 11) is 0. The Morgan fingerprint density at radius 3 is 2.31 bits per heavy atom. The maximum Gasteiger partial charge on any atom is 0.446 e. The van der Waals surface area contributed by atoms with Gasteiger partial charge in [-0.3, -0.25) is 0 Å². The van der Waals surface area contributed by atoms with Crippen LogP contribution in [0.25, 0.3) is 0 Å². The van der Waals surface area contributed by atoms with E-state index in [1.54, 1.807) is 12.1 Å². The molecule has 0 bridgehead atoms. The largest absolute Gasteiger partial charge is 0.446 e. The minimum absolute atomic E-state index is 0.130. The van der Waals surface area contributed by atoms with Crippen molar-refractivity contribution in [2.24, 2.45) is 5.73 Å². The molecule has 5 heteroatoms. The fraction of sp³-hybridized carbons (Fsp3) is 0.273. The first-order valence-electron chi connectivity index (χ1n) is 4.56. The predicted molar refractivity (Wildman–Crippen MR) is 58.9 cm³/mol. The van der Waals surface area contributed by atoms with Crippen LogP contribution in [0.4, 0.5) is 13.2 Å². The van der Waals surface area contributed by atoms with Crippen molar-refractivity contribution in [1.82, 2.24) is 0 Å². The van der Waals surface area contributed by atoms with E-state index in [4.69, 9.17) is 5.73 Å². The van der Waals surface area contributed by atoms with Crippen LogP contribution in [0.1, 0.15) is 12.0 Å². The van der Waals surface area contributed by atoms with Gasteiger partial charge in [-0.2, -0.15) is 13.2 Å². The van der Waals surface area contributed by atoms with Gasteiger partial charge in [0.25, 0.3) is 0 Å². The number of thioether (sulfide) groups is 1. The lowest BCUT2D eigenvalue weighted by molar-refractivity contribution is -0.0328. The Kier molecular flexibility index (Phi) is 4.71. The van der Waals surface area contributed by atoms with E-state index in [-0.39, 0.29) is 16.7 Å². The van der Waals surface area contributed by atoms with E-state index in [0.29, 0.717) is 18.5 Å². The van der Waals surface area contributed by atoms with Crippen molar-refractivity contribution in [3.05, 3.63) is 29.8 Å². The molecule has 0 amide bonds. The molecule has 1 aromatic rings. The highest BCUT2D eigenvalue weighted by molar-refractivity contribution is 8.00. The van der Waals surface area contributed by atoms with Crippen LogP contribution in [-0.2, 0) is 0 Å². The first-order valence-corrected chi connectivity index (χ1v) is 5.37. The molecule has 2 N–H and O–H groups in total. The quantitative estimate of drug-likeness (QED) is 0.640. The van der Waals surface area contributed by atoms with Crippen molar-refractivity contribution in [3.8, 4) is 11.8 Å². The van der Waals surface area contributed by atoms with E-state index >= 15 is 0 Å². The van der Waals surface area contributed by atoms with Gasteiger partial charge in [0.2, 0.25) is 0 Å². The first kappa shape index (κ1) is 12.9. The highest BCUT2D eigenvalue weighted by Crippen LogP contribution is 2.36. The van der Waals surface area contributed by atoms with Gasteiger partial charge in [-0.15, -0.1) is 0 Å². The molecule has 0 aliphatic heterocycles. The van der Waals surface area contributed by atoms with Crippen molar-refractivity contribution >= 4 is 11.8 Å². The Bertz CT molecular complexity index is 386. The van der Waals surface area contributed by atoms with Gasteiger partial charge < -0.3 is 5.73 Å². The minimum Gasteiger partial charge on any atom is -0.330 e. The lowest BCUT2D eigenvalue weighted by atomic mass is 10.2. The predicted octanol–water partition coefficient (Wildman–Crippen LogP) is 3.00. The van der Waals surface area contributed by atoms with Gasteiger partial charge in [-0.25, -0.2) is 0 Å². The van der Waals surface area contributed by atoms with E-state index < -0.39 is 5.51 Å². The number of hydrogen-bond donors (Lipinski definition) is 1. The fourth-order valence-electron chi connectivity index (χ4n) is 0.977. The third-order valence-corrected chi connectivity index (χ3v) is 2.33. The standard InChI is InChI=1S/C11H10F3NS/c12-11(13,14)16-10-6-4-9(5-7-10)3-1-2-8-15/h4-7H,2,8,15H2. The van der Waals surface area contributed by atoms with Gasteiger partial charge in [-0.1, -0.05) is 11.8 Å². The lowest BCUT2D eigenvalue weighted by Gasteiger charge is -2.04. The summed E-state index contributed by atoms with van der Waals surface area (Å²) in [6, 6.07) is 5.95. The maximum atomic E-state index is 12.0. The molecular formula is C11H10F3NS. The van der Waals surface area contributed by atoms with Crippen molar-refractivity contribution in [2.45, 2.75) is 16.8 Å². The van der Waals surface area contributed by atoms with Crippen LogP contribution in [0.15, 0.2) is 29.2 Å². The second-order valence-electron chi connectivity index (χ2n) is 2.91. The number of alkyl halides is 3. The van der Waals surface area contributed by atoms with Crippen LogP contribution in [0.2, 0.25) is 0 Å². The number of benzene rings is 1. The van der Waals surface area contributed by atoms with E-state index in [9.17, 15) is 13.2 Å². The zero-order valence-corrected chi connectivity index (χ0v) is 9.16. The lowest BCUT2D eigenvalue weighted by Crippen LogP contribution is -1.98. The van der Waals surface area contributed by atoms with Crippen LogP contribution in [0, 0.1) is 11.8 Å². The number of nitrogens with two attached hydrogens (primary N) is 1. The third kappa shape index (κ3) is 5.10. The maximum absolute atomic E-state index is 12.0. The molecule has 0 aliphatic carbocycles. The topological polar surface area (TPSA) is 26.0 Å². The van der Waals surface area contributed by atoms with Crippen LogP contribution in [0.5, 0.6) is 0 Å². The summed E-state index contributed by atoms with van der Waals surface area (Å²) in [5.41, 5.74) is 1.71. The highest BCUT2D eigenvalue weighted by Gasteiger charge is 2.28. The summed E-state index contributed by atoms with van der Waals surface area (Å²) >= 11 is -0.130. The normalized spacial score (nSPS) is 10.8. The van der Waals surface area contributed by atoms with Crippen LogP contribution >= 0.6 is 11.8 Å². The van der Waals surface area contributed by atoms with Crippen molar-refractivity contribution in [2.75, 3.05) is 6.54 Å². The van der Waals surface area contributed by atoms with Crippen molar-refractivity contribution in [3.63, 3.8) is 0 Å². The van der Waals surface area contributed by atoms with Gasteiger partial charge >= 0.3 is 5.51 Å². The molecule has 0 aromatic heterocycles. The number of rotatable bonds is 2. The van der Waals surface area contributed by atoms with Gasteiger partial charge in [0.1, 0.15) is 0 Å². The zero-order chi connectivity index (χ0) is 12.0. The molecule has 0 atom stereocenters. The average molecular weight is 245 g/mol. The number of hydrogen-bond acceptors (Lipinski definition) is 2. The molecular weight excluding hydrogens is 235 g/mol. The Balaban J connectivity index is 2.66. The Labute approximate surface area is 96.2 Å². The minimum atomic E-state index is -4.24. The third-order valence-electron chi connectivity index (χ3n) is 1.59. The molecule has 86 valence electrons. The Morgan fingerprint density at radius 1 is 1.19 bits per heavy atom. The molecule has 16 heavy (non-hydrogen) atoms. The molecule has 0 unspecified atom stereocenters. The molecule has 0 heterocycles. The SMILES string of the molecule is NCCC#Cc1ccc(SC(F)(F)F)cc1. The summed E-state index contributed by atoms with van der Waals surface area (Å²) in [6.45, 7) is 0.481. The molecule has 0 saturated heterocycles. The van der Waals surface area contributed by atoms with Crippen molar-refractivity contribution < 1.29 is 13.2 Å². The monoisotopic (exact) mass is 245 g/mol. The van der Waals surface area contributed by atoms with Crippen molar-refractivity contribution in [1.29, 1.82) is 0 Å². The summed E-state index contributed by atoms with van der Waals surface area (Å²) in [6.07, 6.45) is 0.582. The summed E-state index contributed by atoms with van der Waals surface area (Å²) < 4.78 is 36.0. The molecule has 1 nitrogen and oxygen atoms in total. The van der Waals surface area contributed by atoms with Gasteiger partial charge in [-0.05, 0) is 36.0 Å². The van der Waals surface area contributed by atoms with Crippen LogP contribution in [0.3, 0.4) is 0 Å². The summed E-state index contributed by atoms with van der Waals surface area (Å²) in [4.78, 5) is 0.164. The molecule has 0 spiro atoms. The van der Waals surface area contributed by atoms with Crippen LogP contribution < -0.4 is 5.73 Å². The van der Waals surface area contributed by atoms with Gasteiger partial charge in [0.15, 0.2) is 0 Å². The van der Waals surface area contributed by atoms with Crippen LogP contribution in [-0.4, -0.2) is 12.1 Å². The Hall–Kier alpha value is -1.12. The highest BCUT2D eigenvalue weighted by atomic mass is 32.2. The van der Waals surface area contributed by atoms with E-state index in [1.165, 1.54) is 12.1 Å². The smallest absolute Gasteiger partial charge is 0.330 e. The zero-order valence-electron chi connectivity index (χ0n) is 8.34. The fourth-order valence-corrected chi connectivity index (χ4v) is 1.52. The number of halogens is 3.